The van der Waals surface area contributed by atoms with E-state index in [0.29, 0.717) is 5.92 Å². The SMILES string of the molecule is Cc1ccccc1[C@H]1C[C@@H]1C(=O)N(C)CCc1ccccn1. The molecule has 0 radical (unpaired) electrons. The third-order valence-electron chi connectivity index (χ3n) is 4.50. The monoisotopic (exact) mass is 294 g/mol. The molecular formula is C19H22N2O. The fourth-order valence-corrected chi connectivity index (χ4v) is 3.04. The summed E-state index contributed by atoms with van der Waals surface area (Å²) in [6.07, 6.45) is 3.59. The number of nitrogens with zero attached hydrogens (tertiary/aromatic N) is 2. The van der Waals surface area contributed by atoms with E-state index in [0.717, 1.165) is 25.1 Å². The Morgan fingerprint density at radius 1 is 1.23 bits per heavy atom. The molecule has 1 aliphatic carbocycles. The Bertz CT molecular complexity index is 653. The molecule has 2 atom stereocenters. The van der Waals surface area contributed by atoms with Crippen LogP contribution in [-0.4, -0.2) is 29.4 Å². The summed E-state index contributed by atoms with van der Waals surface area (Å²) < 4.78 is 0. The first-order valence-electron chi connectivity index (χ1n) is 7.87. The van der Waals surface area contributed by atoms with Crippen LogP contribution >= 0.6 is 0 Å². The molecule has 0 aliphatic heterocycles. The van der Waals surface area contributed by atoms with Gasteiger partial charge in [-0.3, -0.25) is 9.78 Å². The second-order valence-electron chi connectivity index (χ2n) is 6.14. The van der Waals surface area contributed by atoms with Crippen molar-refractivity contribution < 1.29 is 4.79 Å². The van der Waals surface area contributed by atoms with Crippen LogP contribution in [0.5, 0.6) is 0 Å². The Morgan fingerprint density at radius 2 is 2.00 bits per heavy atom. The maximum atomic E-state index is 12.5. The van der Waals surface area contributed by atoms with Gasteiger partial charge < -0.3 is 4.90 Å². The molecule has 0 unspecified atom stereocenters. The van der Waals surface area contributed by atoms with Crippen LogP contribution < -0.4 is 0 Å². The Hall–Kier alpha value is -2.16. The highest BCUT2D eigenvalue weighted by Gasteiger charge is 2.45. The maximum Gasteiger partial charge on any atom is 0.226 e. The van der Waals surface area contributed by atoms with Crippen molar-refractivity contribution in [1.29, 1.82) is 0 Å². The molecule has 1 aromatic carbocycles. The summed E-state index contributed by atoms with van der Waals surface area (Å²) in [5.41, 5.74) is 3.66. The van der Waals surface area contributed by atoms with Crippen LogP contribution in [-0.2, 0) is 11.2 Å². The highest BCUT2D eigenvalue weighted by Crippen LogP contribution is 2.49. The van der Waals surface area contributed by atoms with Gasteiger partial charge in [0.15, 0.2) is 0 Å². The second kappa shape index (κ2) is 6.30. The largest absolute Gasteiger partial charge is 0.345 e. The van der Waals surface area contributed by atoms with Gasteiger partial charge in [-0.25, -0.2) is 0 Å². The molecule has 0 bridgehead atoms. The second-order valence-corrected chi connectivity index (χ2v) is 6.14. The van der Waals surface area contributed by atoms with E-state index in [1.807, 2.05) is 30.1 Å². The Kier molecular flexibility index (Phi) is 4.23. The van der Waals surface area contributed by atoms with Crippen molar-refractivity contribution >= 4 is 5.91 Å². The number of hydrogen-bond acceptors (Lipinski definition) is 2. The van der Waals surface area contributed by atoms with E-state index in [2.05, 4.69) is 36.2 Å². The number of hydrogen-bond donors (Lipinski definition) is 0. The number of aromatic nitrogens is 1. The van der Waals surface area contributed by atoms with Crippen LogP contribution in [0, 0.1) is 12.8 Å². The van der Waals surface area contributed by atoms with Crippen LogP contribution in [0.2, 0.25) is 0 Å². The molecule has 3 nitrogen and oxygen atoms in total. The van der Waals surface area contributed by atoms with Gasteiger partial charge in [0.25, 0.3) is 0 Å². The average molecular weight is 294 g/mol. The summed E-state index contributed by atoms with van der Waals surface area (Å²) in [5, 5.41) is 0. The summed E-state index contributed by atoms with van der Waals surface area (Å²) in [6.45, 7) is 2.85. The lowest BCUT2D eigenvalue weighted by atomic mass is 10.0. The summed E-state index contributed by atoms with van der Waals surface area (Å²) >= 11 is 0. The van der Waals surface area contributed by atoms with E-state index in [1.54, 1.807) is 6.20 Å². The van der Waals surface area contributed by atoms with Gasteiger partial charge in [-0.15, -0.1) is 0 Å². The predicted molar refractivity (Wildman–Crippen MR) is 87.6 cm³/mol. The van der Waals surface area contributed by atoms with Crippen molar-refractivity contribution in [2.24, 2.45) is 5.92 Å². The zero-order chi connectivity index (χ0) is 15.5. The quantitative estimate of drug-likeness (QED) is 0.848. The van der Waals surface area contributed by atoms with Gasteiger partial charge in [-0.05, 0) is 42.5 Å². The predicted octanol–water partition coefficient (Wildman–Crippen LogP) is 3.19. The van der Waals surface area contributed by atoms with Crippen molar-refractivity contribution in [2.75, 3.05) is 13.6 Å². The van der Waals surface area contributed by atoms with Gasteiger partial charge in [0, 0.05) is 37.8 Å². The Morgan fingerprint density at radius 3 is 2.73 bits per heavy atom. The molecule has 1 aromatic heterocycles. The standard InChI is InChI=1S/C19H22N2O/c1-14-7-3-4-9-16(14)17-13-18(17)19(22)21(2)12-10-15-8-5-6-11-20-15/h3-9,11,17-18H,10,12-13H2,1-2H3/t17-,18+/m1/s1. The molecule has 114 valence electrons. The van der Waals surface area contributed by atoms with E-state index in [9.17, 15) is 4.79 Å². The number of carbonyl (C=O) groups is 1. The third-order valence-corrected chi connectivity index (χ3v) is 4.50. The molecule has 2 aromatic rings. The first-order chi connectivity index (χ1) is 10.7. The summed E-state index contributed by atoms with van der Waals surface area (Å²) in [6, 6.07) is 14.3. The highest BCUT2D eigenvalue weighted by molar-refractivity contribution is 5.83. The lowest BCUT2D eigenvalue weighted by molar-refractivity contribution is -0.131. The minimum absolute atomic E-state index is 0.162. The first kappa shape index (κ1) is 14.8. The van der Waals surface area contributed by atoms with Gasteiger partial charge in [0.05, 0.1) is 0 Å². The number of carbonyl (C=O) groups excluding carboxylic acids is 1. The molecule has 0 spiro atoms. The highest BCUT2D eigenvalue weighted by atomic mass is 16.2. The number of aryl methyl sites for hydroxylation is 1. The van der Waals surface area contributed by atoms with E-state index < -0.39 is 0 Å². The zero-order valence-electron chi connectivity index (χ0n) is 13.2. The molecule has 0 N–H and O–H groups in total. The Labute approximate surface area is 132 Å². The van der Waals surface area contributed by atoms with Crippen molar-refractivity contribution in [3.05, 3.63) is 65.5 Å². The minimum Gasteiger partial charge on any atom is -0.345 e. The number of likely N-dealkylation sites (N-methyl/N-ethyl adjacent to an activating group) is 1. The summed E-state index contributed by atoms with van der Waals surface area (Å²) in [4.78, 5) is 18.7. The third kappa shape index (κ3) is 3.19. The topological polar surface area (TPSA) is 33.2 Å². The molecule has 1 saturated carbocycles. The number of benzene rings is 1. The zero-order valence-corrected chi connectivity index (χ0v) is 13.2. The normalized spacial score (nSPS) is 19.7. The smallest absolute Gasteiger partial charge is 0.226 e. The van der Waals surface area contributed by atoms with E-state index >= 15 is 0 Å². The van der Waals surface area contributed by atoms with Crippen LogP contribution in [0.3, 0.4) is 0 Å². The van der Waals surface area contributed by atoms with Gasteiger partial charge in [0.2, 0.25) is 5.91 Å². The number of pyridine rings is 1. The molecule has 3 rings (SSSR count). The van der Waals surface area contributed by atoms with Crippen LogP contribution in [0.15, 0.2) is 48.7 Å². The van der Waals surface area contributed by atoms with Crippen molar-refractivity contribution in [3.63, 3.8) is 0 Å². The molecular weight excluding hydrogens is 272 g/mol. The van der Waals surface area contributed by atoms with Crippen LogP contribution in [0.1, 0.15) is 29.2 Å². The fraction of sp³-hybridized carbons (Fsp3) is 0.368. The summed E-state index contributed by atoms with van der Waals surface area (Å²) in [5.74, 6) is 0.838. The maximum absolute atomic E-state index is 12.5. The first-order valence-corrected chi connectivity index (χ1v) is 7.87. The van der Waals surface area contributed by atoms with Gasteiger partial charge in [-0.2, -0.15) is 0 Å². The molecule has 3 heteroatoms. The minimum atomic E-state index is 0.162. The van der Waals surface area contributed by atoms with Crippen LogP contribution in [0.25, 0.3) is 0 Å². The van der Waals surface area contributed by atoms with Gasteiger partial charge in [-0.1, -0.05) is 30.3 Å². The van der Waals surface area contributed by atoms with Gasteiger partial charge in [0.1, 0.15) is 0 Å². The lowest BCUT2D eigenvalue weighted by Crippen LogP contribution is -2.30. The van der Waals surface area contributed by atoms with Crippen LogP contribution in [0.4, 0.5) is 0 Å². The van der Waals surface area contributed by atoms with E-state index in [-0.39, 0.29) is 11.8 Å². The van der Waals surface area contributed by atoms with E-state index in [4.69, 9.17) is 0 Å². The lowest BCUT2D eigenvalue weighted by Gasteiger charge is -2.17. The average Bonchev–Trinajstić information content (AvgIpc) is 3.33. The molecule has 22 heavy (non-hydrogen) atoms. The molecule has 1 fully saturated rings. The number of rotatable bonds is 5. The summed E-state index contributed by atoms with van der Waals surface area (Å²) in [7, 11) is 1.90. The molecule has 0 saturated heterocycles. The van der Waals surface area contributed by atoms with E-state index in [1.165, 1.54) is 11.1 Å². The van der Waals surface area contributed by atoms with Crippen molar-refractivity contribution in [2.45, 2.75) is 25.7 Å². The molecule has 1 aliphatic rings. The molecule has 1 amide bonds. The number of amides is 1. The molecule has 1 heterocycles. The van der Waals surface area contributed by atoms with Crippen molar-refractivity contribution in [3.8, 4) is 0 Å². The fourth-order valence-electron chi connectivity index (χ4n) is 3.04. The van der Waals surface area contributed by atoms with Crippen molar-refractivity contribution in [1.82, 2.24) is 9.88 Å². The van der Waals surface area contributed by atoms with Gasteiger partial charge >= 0.3 is 0 Å². The Balaban J connectivity index is 1.55.